The van der Waals surface area contributed by atoms with Crippen LogP contribution >= 0.6 is 0 Å². The number of aliphatic carboxylic acids is 1. The Morgan fingerprint density at radius 2 is 2.12 bits per heavy atom. The van der Waals surface area contributed by atoms with Crippen LogP contribution in [0.3, 0.4) is 0 Å². The first-order chi connectivity index (χ1) is 8.09. The molecule has 0 spiro atoms. The summed E-state index contributed by atoms with van der Waals surface area (Å²) in [6.45, 7) is 1.89. The van der Waals surface area contributed by atoms with Gasteiger partial charge in [0.05, 0.1) is 12.0 Å². The first-order valence-electron chi connectivity index (χ1n) is 5.48. The topological polar surface area (TPSA) is 78.4 Å². The Kier molecular flexibility index (Phi) is 2.85. The van der Waals surface area contributed by atoms with Gasteiger partial charge in [-0.1, -0.05) is 25.1 Å². The van der Waals surface area contributed by atoms with E-state index in [0.717, 1.165) is 5.56 Å². The van der Waals surface area contributed by atoms with Gasteiger partial charge in [-0.3, -0.25) is 15.0 Å². The Balaban J connectivity index is 2.53. The molecule has 0 radical (unpaired) electrons. The molecule has 0 aromatic heterocycles. The second-order valence-electron chi connectivity index (χ2n) is 4.13. The molecular weight excluding hydrogens is 220 g/mol. The molecule has 1 aromatic rings. The van der Waals surface area contributed by atoms with Crippen LogP contribution in [0.4, 0.5) is 0 Å². The Morgan fingerprint density at radius 1 is 1.41 bits per heavy atom. The highest BCUT2D eigenvalue weighted by molar-refractivity contribution is 5.97. The molecule has 1 amide bonds. The van der Waals surface area contributed by atoms with Gasteiger partial charge < -0.3 is 5.11 Å². The molecule has 2 rings (SSSR count). The van der Waals surface area contributed by atoms with Crippen LogP contribution in [0.1, 0.15) is 35.7 Å². The number of hydrogen-bond acceptors (Lipinski definition) is 3. The predicted octanol–water partition coefficient (Wildman–Crippen LogP) is 1.01. The highest BCUT2D eigenvalue weighted by Gasteiger charge is 2.39. The summed E-state index contributed by atoms with van der Waals surface area (Å²) < 4.78 is 0. The van der Waals surface area contributed by atoms with E-state index in [1.54, 1.807) is 18.2 Å². The molecule has 1 atom stereocenters. The Labute approximate surface area is 98.8 Å². The molecule has 90 valence electrons. The van der Waals surface area contributed by atoms with Crippen LogP contribution in [-0.4, -0.2) is 17.0 Å². The first kappa shape index (κ1) is 11.6. The Bertz CT molecular complexity index is 473. The first-order valence-corrected chi connectivity index (χ1v) is 5.48. The lowest BCUT2D eigenvalue weighted by molar-refractivity contribution is -0.139. The van der Waals surface area contributed by atoms with Gasteiger partial charge in [-0.05, 0) is 18.1 Å². The van der Waals surface area contributed by atoms with Crippen LogP contribution < -0.4 is 10.9 Å². The van der Waals surface area contributed by atoms with Gasteiger partial charge >= 0.3 is 5.97 Å². The monoisotopic (exact) mass is 234 g/mol. The van der Waals surface area contributed by atoms with Gasteiger partial charge in [-0.25, -0.2) is 5.43 Å². The lowest BCUT2D eigenvalue weighted by Crippen LogP contribution is -2.57. The summed E-state index contributed by atoms with van der Waals surface area (Å²) >= 11 is 0. The highest BCUT2D eigenvalue weighted by atomic mass is 16.4. The fourth-order valence-electron chi connectivity index (χ4n) is 2.21. The maximum Gasteiger partial charge on any atom is 0.305 e. The molecule has 5 nitrogen and oxygen atoms in total. The van der Waals surface area contributed by atoms with Gasteiger partial charge in [-0.2, -0.15) is 0 Å². The fourth-order valence-corrected chi connectivity index (χ4v) is 2.21. The molecule has 1 aliphatic heterocycles. The zero-order chi connectivity index (χ0) is 12.5. The highest BCUT2D eigenvalue weighted by Crippen LogP contribution is 2.33. The summed E-state index contributed by atoms with van der Waals surface area (Å²) in [5.41, 5.74) is 5.93. The molecule has 0 bridgehead atoms. The van der Waals surface area contributed by atoms with E-state index in [0.29, 0.717) is 12.0 Å². The summed E-state index contributed by atoms with van der Waals surface area (Å²) in [7, 11) is 0. The van der Waals surface area contributed by atoms with E-state index in [4.69, 9.17) is 5.11 Å². The zero-order valence-corrected chi connectivity index (χ0v) is 9.49. The second-order valence-corrected chi connectivity index (χ2v) is 4.13. The van der Waals surface area contributed by atoms with Crippen molar-refractivity contribution < 1.29 is 14.7 Å². The third-order valence-corrected chi connectivity index (χ3v) is 3.16. The molecule has 5 heteroatoms. The molecule has 17 heavy (non-hydrogen) atoms. The summed E-state index contributed by atoms with van der Waals surface area (Å²) in [5, 5.41) is 9.00. The number of carboxylic acids is 1. The minimum absolute atomic E-state index is 0.0687. The van der Waals surface area contributed by atoms with Crippen molar-refractivity contribution in [1.29, 1.82) is 0 Å². The quantitative estimate of drug-likeness (QED) is 0.729. The molecule has 1 aromatic carbocycles. The molecule has 0 saturated carbocycles. The van der Waals surface area contributed by atoms with Gasteiger partial charge in [0.25, 0.3) is 5.91 Å². The summed E-state index contributed by atoms with van der Waals surface area (Å²) in [5.74, 6) is -1.12. The largest absolute Gasteiger partial charge is 0.481 e. The van der Waals surface area contributed by atoms with Crippen LogP contribution in [0.2, 0.25) is 0 Å². The lowest BCUT2D eigenvalue weighted by Gasteiger charge is -2.38. The van der Waals surface area contributed by atoms with Crippen molar-refractivity contribution in [2.45, 2.75) is 25.3 Å². The average Bonchev–Trinajstić information content (AvgIpc) is 2.33. The molecule has 3 N–H and O–H groups in total. The number of hydrogen-bond donors (Lipinski definition) is 3. The molecule has 1 heterocycles. The van der Waals surface area contributed by atoms with Crippen LogP contribution in [-0.2, 0) is 10.3 Å². The van der Waals surface area contributed by atoms with E-state index >= 15 is 0 Å². The van der Waals surface area contributed by atoms with Crippen molar-refractivity contribution in [2.24, 2.45) is 0 Å². The molecule has 0 saturated heterocycles. The third-order valence-electron chi connectivity index (χ3n) is 3.16. The Hall–Kier alpha value is -1.88. The van der Waals surface area contributed by atoms with Crippen molar-refractivity contribution in [3.8, 4) is 0 Å². The van der Waals surface area contributed by atoms with Gasteiger partial charge in [0, 0.05) is 5.56 Å². The van der Waals surface area contributed by atoms with E-state index in [9.17, 15) is 9.59 Å². The average molecular weight is 234 g/mol. The second kappa shape index (κ2) is 4.18. The van der Waals surface area contributed by atoms with Crippen LogP contribution in [0.15, 0.2) is 24.3 Å². The summed E-state index contributed by atoms with van der Waals surface area (Å²) in [4.78, 5) is 22.6. The van der Waals surface area contributed by atoms with Crippen LogP contribution in [0.5, 0.6) is 0 Å². The maximum atomic E-state index is 11.7. The minimum Gasteiger partial charge on any atom is -0.481 e. The number of carbonyl (C=O) groups excluding carboxylic acids is 1. The van der Waals surface area contributed by atoms with Gasteiger partial charge in [0.1, 0.15) is 0 Å². The van der Waals surface area contributed by atoms with Crippen LogP contribution in [0, 0.1) is 0 Å². The van der Waals surface area contributed by atoms with Gasteiger partial charge in [-0.15, -0.1) is 0 Å². The standard InChI is InChI=1S/C12H14N2O3/c1-2-12(7-10(15)16)9-6-4-3-5-8(9)11(17)13-14-12/h3-6,14H,2,7H2,1H3,(H,13,17)(H,15,16). The number of carbonyl (C=O) groups is 2. The van der Waals surface area contributed by atoms with E-state index in [1.807, 2.05) is 13.0 Å². The van der Waals surface area contributed by atoms with E-state index in [-0.39, 0.29) is 12.3 Å². The van der Waals surface area contributed by atoms with Crippen molar-refractivity contribution in [1.82, 2.24) is 10.9 Å². The number of carboxylic acid groups (broad SMARTS) is 1. The van der Waals surface area contributed by atoms with Crippen molar-refractivity contribution in [2.75, 3.05) is 0 Å². The van der Waals surface area contributed by atoms with E-state index in [1.165, 1.54) is 0 Å². The molecule has 1 aliphatic rings. The Morgan fingerprint density at radius 3 is 2.76 bits per heavy atom. The third kappa shape index (κ3) is 1.89. The van der Waals surface area contributed by atoms with Gasteiger partial charge in [0.2, 0.25) is 0 Å². The van der Waals surface area contributed by atoms with Crippen molar-refractivity contribution in [3.63, 3.8) is 0 Å². The lowest BCUT2D eigenvalue weighted by atomic mass is 9.80. The number of amides is 1. The molecular formula is C12H14N2O3. The van der Waals surface area contributed by atoms with Crippen molar-refractivity contribution >= 4 is 11.9 Å². The molecule has 1 unspecified atom stereocenters. The smallest absolute Gasteiger partial charge is 0.305 e. The fraction of sp³-hybridized carbons (Fsp3) is 0.333. The molecule has 0 fully saturated rings. The van der Waals surface area contributed by atoms with E-state index in [2.05, 4.69) is 10.9 Å². The SMILES string of the molecule is CCC1(CC(=O)O)NNC(=O)c2ccccc21. The maximum absolute atomic E-state index is 11.7. The number of hydrazine groups is 1. The van der Waals surface area contributed by atoms with E-state index < -0.39 is 11.5 Å². The number of nitrogens with one attached hydrogen (secondary N) is 2. The number of rotatable bonds is 3. The minimum atomic E-state index is -0.898. The molecule has 0 aliphatic carbocycles. The normalized spacial score (nSPS) is 22.8. The summed E-state index contributed by atoms with van der Waals surface area (Å²) in [6.07, 6.45) is 0.511. The van der Waals surface area contributed by atoms with Gasteiger partial charge in [0.15, 0.2) is 0 Å². The predicted molar refractivity (Wildman–Crippen MR) is 61.3 cm³/mol. The van der Waals surface area contributed by atoms with Crippen molar-refractivity contribution in [3.05, 3.63) is 35.4 Å². The summed E-state index contributed by atoms with van der Waals surface area (Å²) in [6, 6.07) is 7.08. The number of benzene rings is 1. The van der Waals surface area contributed by atoms with Crippen LogP contribution in [0.25, 0.3) is 0 Å². The number of fused-ring (bicyclic) bond motifs is 1. The zero-order valence-electron chi connectivity index (χ0n) is 9.49.